The first-order valence-electron chi connectivity index (χ1n) is 8.21. The molecule has 1 aliphatic carbocycles. The smallest absolute Gasteiger partial charge is 0.329 e. The van der Waals surface area contributed by atoms with Gasteiger partial charge >= 0.3 is 5.97 Å². The molecule has 1 aliphatic heterocycles. The fourth-order valence-electron chi connectivity index (χ4n) is 4.03. The average Bonchev–Trinajstić information content (AvgIpc) is 3.18. The van der Waals surface area contributed by atoms with Crippen LogP contribution < -0.4 is 0 Å². The lowest BCUT2D eigenvalue weighted by Crippen LogP contribution is -2.52. The average molecular weight is 323 g/mol. The Bertz CT molecular complexity index is 521. The third-order valence-corrected chi connectivity index (χ3v) is 5.30. The first kappa shape index (κ1) is 16.4. The molecule has 0 unspecified atom stereocenters. The Balaban J connectivity index is 1.61. The second kappa shape index (κ2) is 6.98. The van der Waals surface area contributed by atoms with Gasteiger partial charge in [-0.2, -0.15) is 0 Å². The monoisotopic (exact) mass is 323 g/mol. The van der Waals surface area contributed by atoms with Crippen LogP contribution in [0, 0.1) is 0 Å². The molecule has 0 radical (unpaired) electrons. The molecule has 1 saturated heterocycles. The normalized spacial score (nSPS) is 31.2. The van der Waals surface area contributed by atoms with Gasteiger partial charge in [0.2, 0.25) is 0 Å². The first-order valence-corrected chi connectivity index (χ1v) is 8.21. The highest BCUT2D eigenvalue weighted by Crippen LogP contribution is 2.43. The summed E-state index contributed by atoms with van der Waals surface area (Å²) in [6.07, 6.45) is 9.27. The number of ether oxygens (including phenoxy) is 2. The van der Waals surface area contributed by atoms with Crippen molar-refractivity contribution < 1.29 is 19.4 Å². The molecule has 23 heavy (non-hydrogen) atoms. The predicted molar refractivity (Wildman–Crippen MR) is 83.2 cm³/mol. The van der Waals surface area contributed by atoms with Crippen LogP contribution in [0.1, 0.15) is 25.7 Å². The molecule has 1 saturated carbocycles. The van der Waals surface area contributed by atoms with Crippen LogP contribution in [-0.2, 0) is 20.8 Å². The fourth-order valence-corrected chi connectivity index (χ4v) is 4.03. The third-order valence-electron chi connectivity index (χ3n) is 5.30. The summed E-state index contributed by atoms with van der Waals surface area (Å²) in [5.41, 5.74) is -0.0992. The standard InChI is InChI=1S/C16H25N3O4/c1-22-16-3-2-13(23-11-15(20)21)10-14(16)19(6-4-16)9-8-18-7-5-17-12-18/h5,7,12-14H,2-4,6,8-11H2,1H3,(H,20,21)/t13-,14-,16+/m0/s1. The van der Waals surface area contributed by atoms with Crippen molar-refractivity contribution in [3.05, 3.63) is 18.7 Å². The Hall–Kier alpha value is -1.44. The van der Waals surface area contributed by atoms with Crippen molar-refractivity contribution in [2.75, 3.05) is 26.8 Å². The number of fused-ring (bicyclic) bond motifs is 1. The summed E-state index contributed by atoms with van der Waals surface area (Å²) in [4.78, 5) is 17.3. The molecule has 1 aromatic heterocycles. The SMILES string of the molecule is CO[C@@]12CC[C@H](OCC(=O)O)C[C@@H]1N(CCn1ccnc1)CC2. The maximum atomic E-state index is 10.7. The maximum absolute atomic E-state index is 10.7. The zero-order valence-corrected chi connectivity index (χ0v) is 13.6. The summed E-state index contributed by atoms with van der Waals surface area (Å²) >= 11 is 0. The number of aliphatic carboxylic acids is 1. The summed E-state index contributed by atoms with van der Waals surface area (Å²) in [5, 5.41) is 8.80. The summed E-state index contributed by atoms with van der Waals surface area (Å²) in [7, 11) is 1.80. The second-order valence-electron chi connectivity index (χ2n) is 6.47. The molecule has 2 fully saturated rings. The van der Waals surface area contributed by atoms with E-state index < -0.39 is 5.97 Å². The Labute approximate surface area is 136 Å². The molecule has 0 aromatic carbocycles. The van der Waals surface area contributed by atoms with Gasteiger partial charge in [0, 0.05) is 45.2 Å². The van der Waals surface area contributed by atoms with E-state index in [1.165, 1.54) is 0 Å². The Morgan fingerprint density at radius 2 is 2.30 bits per heavy atom. The molecule has 128 valence electrons. The van der Waals surface area contributed by atoms with Crippen molar-refractivity contribution in [2.24, 2.45) is 0 Å². The number of carbonyl (C=O) groups is 1. The summed E-state index contributed by atoms with van der Waals surface area (Å²) < 4.78 is 13.5. The van der Waals surface area contributed by atoms with E-state index in [1.807, 2.05) is 12.5 Å². The van der Waals surface area contributed by atoms with Crippen LogP contribution in [0.2, 0.25) is 0 Å². The molecule has 2 heterocycles. The van der Waals surface area contributed by atoms with Gasteiger partial charge in [0.1, 0.15) is 6.61 Å². The fraction of sp³-hybridized carbons (Fsp3) is 0.750. The highest BCUT2D eigenvalue weighted by atomic mass is 16.5. The topological polar surface area (TPSA) is 76.8 Å². The largest absolute Gasteiger partial charge is 0.480 e. The zero-order valence-electron chi connectivity index (χ0n) is 13.6. The number of aromatic nitrogens is 2. The third kappa shape index (κ3) is 3.57. The van der Waals surface area contributed by atoms with E-state index in [4.69, 9.17) is 14.6 Å². The van der Waals surface area contributed by atoms with E-state index in [-0.39, 0.29) is 18.3 Å². The molecule has 1 N–H and O–H groups in total. The lowest BCUT2D eigenvalue weighted by molar-refractivity contribution is -0.148. The zero-order chi connectivity index (χ0) is 16.3. The van der Waals surface area contributed by atoms with Crippen molar-refractivity contribution in [2.45, 2.75) is 50.0 Å². The summed E-state index contributed by atoms with van der Waals surface area (Å²) in [5.74, 6) is -0.906. The quantitative estimate of drug-likeness (QED) is 0.806. The van der Waals surface area contributed by atoms with Gasteiger partial charge in [0.05, 0.1) is 18.0 Å². The van der Waals surface area contributed by atoms with Gasteiger partial charge in [0.25, 0.3) is 0 Å². The highest BCUT2D eigenvalue weighted by molar-refractivity contribution is 5.68. The van der Waals surface area contributed by atoms with Crippen LogP contribution in [0.5, 0.6) is 0 Å². The minimum atomic E-state index is -0.906. The van der Waals surface area contributed by atoms with Gasteiger partial charge in [-0.25, -0.2) is 9.78 Å². The van der Waals surface area contributed by atoms with Crippen LogP contribution in [0.4, 0.5) is 0 Å². The highest BCUT2D eigenvalue weighted by Gasteiger charge is 2.51. The van der Waals surface area contributed by atoms with Gasteiger partial charge in [-0.05, 0) is 25.7 Å². The summed E-state index contributed by atoms with van der Waals surface area (Å²) in [6, 6.07) is 0.295. The molecule has 7 heteroatoms. The number of methoxy groups -OCH3 is 1. The minimum Gasteiger partial charge on any atom is -0.480 e. The van der Waals surface area contributed by atoms with Gasteiger partial charge in [-0.15, -0.1) is 0 Å². The lowest BCUT2D eigenvalue weighted by atomic mass is 9.79. The molecule has 2 aliphatic rings. The van der Waals surface area contributed by atoms with Crippen molar-refractivity contribution in [3.63, 3.8) is 0 Å². The maximum Gasteiger partial charge on any atom is 0.329 e. The van der Waals surface area contributed by atoms with Crippen LogP contribution in [-0.4, -0.2) is 70.1 Å². The number of nitrogens with zero attached hydrogens (tertiary/aromatic N) is 3. The van der Waals surface area contributed by atoms with Gasteiger partial charge in [0.15, 0.2) is 0 Å². The van der Waals surface area contributed by atoms with Crippen LogP contribution in [0.3, 0.4) is 0 Å². The van der Waals surface area contributed by atoms with Crippen LogP contribution in [0.15, 0.2) is 18.7 Å². The number of imidazole rings is 1. The van der Waals surface area contributed by atoms with Gasteiger partial charge in [-0.1, -0.05) is 0 Å². The Morgan fingerprint density at radius 3 is 3.00 bits per heavy atom. The molecule has 7 nitrogen and oxygen atoms in total. The molecule has 3 atom stereocenters. The second-order valence-corrected chi connectivity index (χ2v) is 6.47. The molecule has 3 rings (SSSR count). The minimum absolute atomic E-state index is 0.00761. The lowest BCUT2D eigenvalue weighted by Gasteiger charge is -2.43. The van der Waals surface area contributed by atoms with Crippen molar-refractivity contribution in [1.82, 2.24) is 14.5 Å². The first-order chi connectivity index (χ1) is 11.1. The van der Waals surface area contributed by atoms with E-state index in [1.54, 1.807) is 13.3 Å². The molecule has 0 bridgehead atoms. The van der Waals surface area contributed by atoms with Crippen molar-refractivity contribution in [1.29, 1.82) is 0 Å². The van der Waals surface area contributed by atoms with Crippen molar-refractivity contribution >= 4 is 5.97 Å². The van der Waals surface area contributed by atoms with E-state index in [0.29, 0.717) is 6.04 Å². The Kier molecular flexibility index (Phi) is 4.99. The number of carboxylic acid groups (broad SMARTS) is 1. The number of hydrogen-bond acceptors (Lipinski definition) is 5. The summed E-state index contributed by atoms with van der Waals surface area (Å²) in [6.45, 7) is 2.64. The van der Waals surface area contributed by atoms with E-state index in [2.05, 4.69) is 14.5 Å². The number of rotatable bonds is 7. The molecular weight excluding hydrogens is 298 g/mol. The van der Waals surface area contributed by atoms with E-state index >= 15 is 0 Å². The predicted octanol–water partition coefficient (Wildman–Crippen LogP) is 0.996. The number of carboxylic acids is 1. The number of likely N-dealkylation sites (tertiary alicyclic amines) is 1. The Morgan fingerprint density at radius 1 is 1.43 bits per heavy atom. The molecule has 0 amide bonds. The van der Waals surface area contributed by atoms with E-state index in [9.17, 15) is 4.79 Å². The molecule has 1 aromatic rings. The van der Waals surface area contributed by atoms with E-state index in [0.717, 1.165) is 45.3 Å². The van der Waals surface area contributed by atoms with Crippen molar-refractivity contribution in [3.8, 4) is 0 Å². The van der Waals surface area contributed by atoms with Gasteiger partial charge < -0.3 is 19.1 Å². The van der Waals surface area contributed by atoms with Crippen LogP contribution >= 0.6 is 0 Å². The van der Waals surface area contributed by atoms with Gasteiger partial charge in [-0.3, -0.25) is 4.90 Å². The molecular formula is C16H25N3O4. The number of hydrogen-bond donors (Lipinski definition) is 1. The van der Waals surface area contributed by atoms with Crippen LogP contribution in [0.25, 0.3) is 0 Å². The molecule has 0 spiro atoms.